The van der Waals surface area contributed by atoms with E-state index < -0.39 is 5.97 Å². The third-order valence-electron chi connectivity index (χ3n) is 5.35. The lowest BCUT2D eigenvalue weighted by Gasteiger charge is -2.13. The van der Waals surface area contributed by atoms with Crippen LogP contribution in [0.3, 0.4) is 0 Å². The first kappa shape index (κ1) is 17.9. The maximum absolute atomic E-state index is 12.7. The maximum atomic E-state index is 12.7. The van der Waals surface area contributed by atoms with Crippen molar-refractivity contribution in [2.24, 2.45) is 0 Å². The summed E-state index contributed by atoms with van der Waals surface area (Å²) in [7, 11) is 0. The molecule has 2 aromatic rings. The van der Waals surface area contributed by atoms with E-state index in [0.29, 0.717) is 22.5 Å². The van der Waals surface area contributed by atoms with Gasteiger partial charge in [-0.25, -0.2) is 14.5 Å². The minimum atomic E-state index is -0.492. The molecule has 2 saturated carbocycles. The smallest absolute Gasteiger partial charge is 0.339 e. The molecule has 0 aliphatic heterocycles. The lowest BCUT2D eigenvalue weighted by molar-refractivity contribution is -0.124. The summed E-state index contributed by atoms with van der Waals surface area (Å²) in [5.41, 5.74) is 2.06. The predicted octanol–water partition coefficient (Wildman–Crippen LogP) is 3.11. The highest BCUT2D eigenvalue weighted by molar-refractivity contribution is 6.03. The van der Waals surface area contributed by atoms with Gasteiger partial charge in [-0.1, -0.05) is 12.8 Å². The summed E-state index contributed by atoms with van der Waals surface area (Å²) >= 11 is 0. The first-order chi connectivity index (χ1) is 13.0. The van der Waals surface area contributed by atoms with Crippen LogP contribution in [-0.4, -0.2) is 39.3 Å². The summed E-state index contributed by atoms with van der Waals surface area (Å²) in [6.45, 7) is 3.81. The van der Waals surface area contributed by atoms with E-state index in [4.69, 9.17) is 9.72 Å². The van der Waals surface area contributed by atoms with Crippen LogP contribution in [0.25, 0.3) is 11.0 Å². The van der Waals surface area contributed by atoms with Crippen molar-refractivity contribution in [3.63, 3.8) is 0 Å². The third-order valence-corrected chi connectivity index (χ3v) is 5.35. The SMILES string of the molecule is CC(C)n1ncc2c(C(=O)OCC(=O)NC3CCCC3)cc(C3CC3)nc21. The number of hydrogen-bond donors (Lipinski definition) is 1. The van der Waals surface area contributed by atoms with Gasteiger partial charge in [-0.2, -0.15) is 5.10 Å². The summed E-state index contributed by atoms with van der Waals surface area (Å²) in [6, 6.07) is 2.17. The highest BCUT2D eigenvalue weighted by atomic mass is 16.5. The summed E-state index contributed by atoms with van der Waals surface area (Å²) < 4.78 is 7.14. The topological polar surface area (TPSA) is 86.1 Å². The Morgan fingerprint density at radius 2 is 2.00 bits per heavy atom. The number of ether oxygens (including phenoxy) is 1. The molecule has 2 heterocycles. The van der Waals surface area contributed by atoms with Crippen LogP contribution in [0.1, 0.15) is 80.4 Å². The number of nitrogens with one attached hydrogen (secondary N) is 1. The van der Waals surface area contributed by atoms with Gasteiger partial charge in [-0.15, -0.1) is 0 Å². The zero-order valence-corrected chi connectivity index (χ0v) is 15.9. The molecule has 1 amide bonds. The predicted molar refractivity (Wildman–Crippen MR) is 101 cm³/mol. The highest BCUT2D eigenvalue weighted by Gasteiger charge is 2.29. The van der Waals surface area contributed by atoms with Crippen molar-refractivity contribution in [3.05, 3.63) is 23.5 Å². The molecule has 1 N–H and O–H groups in total. The van der Waals surface area contributed by atoms with Crippen LogP contribution in [0.4, 0.5) is 0 Å². The Morgan fingerprint density at radius 1 is 1.26 bits per heavy atom. The van der Waals surface area contributed by atoms with Gasteiger partial charge in [-0.05, 0) is 45.6 Å². The van der Waals surface area contributed by atoms with Crippen molar-refractivity contribution in [2.75, 3.05) is 6.61 Å². The Kier molecular flexibility index (Phi) is 4.85. The Labute approximate surface area is 158 Å². The summed E-state index contributed by atoms with van der Waals surface area (Å²) in [5, 5.41) is 8.00. The van der Waals surface area contributed by atoms with E-state index in [1.807, 2.05) is 24.6 Å². The van der Waals surface area contributed by atoms with Gasteiger partial charge in [0.05, 0.1) is 17.1 Å². The second kappa shape index (κ2) is 7.29. The molecule has 0 unspecified atom stereocenters. The number of esters is 1. The van der Waals surface area contributed by atoms with Crippen molar-refractivity contribution in [2.45, 2.75) is 70.4 Å². The summed E-state index contributed by atoms with van der Waals surface area (Å²) in [5.74, 6) is -0.322. The molecule has 2 aromatic heterocycles. The normalized spacial score (nSPS) is 17.6. The number of carbonyl (C=O) groups is 2. The van der Waals surface area contributed by atoms with Crippen LogP contribution < -0.4 is 5.32 Å². The molecule has 0 saturated heterocycles. The highest BCUT2D eigenvalue weighted by Crippen LogP contribution is 2.40. The Hall–Kier alpha value is -2.44. The van der Waals surface area contributed by atoms with E-state index in [-0.39, 0.29) is 24.6 Å². The molecule has 144 valence electrons. The van der Waals surface area contributed by atoms with Crippen LogP contribution >= 0.6 is 0 Å². The molecule has 2 fully saturated rings. The van der Waals surface area contributed by atoms with Gasteiger partial charge in [0.2, 0.25) is 0 Å². The number of nitrogens with zero attached hydrogens (tertiary/aromatic N) is 3. The number of rotatable bonds is 6. The third kappa shape index (κ3) is 3.82. The number of fused-ring (bicyclic) bond motifs is 1. The Morgan fingerprint density at radius 3 is 2.67 bits per heavy atom. The average Bonchev–Trinajstić information content (AvgIpc) is 3.20. The van der Waals surface area contributed by atoms with E-state index >= 15 is 0 Å². The molecule has 0 spiro atoms. The molecule has 7 heteroatoms. The van der Waals surface area contributed by atoms with Crippen LogP contribution in [0.15, 0.2) is 12.3 Å². The van der Waals surface area contributed by atoms with Crippen molar-refractivity contribution in [1.82, 2.24) is 20.1 Å². The summed E-state index contributed by atoms with van der Waals surface area (Å²) in [6.07, 6.45) is 8.13. The lowest BCUT2D eigenvalue weighted by atomic mass is 10.1. The Balaban J connectivity index is 1.52. The molecule has 0 atom stereocenters. The molecule has 2 aliphatic rings. The van der Waals surface area contributed by atoms with Gasteiger partial charge in [0.25, 0.3) is 5.91 Å². The molecule has 4 rings (SSSR count). The van der Waals surface area contributed by atoms with E-state index in [1.165, 1.54) is 0 Å². The molecular weight excluding hydrogens is 344 g/mol. The molecule has 0 aromatic carbocycles. The molecular formula is C20H26N4O3. The maximum Gasteiger partial charge on any atom is 0.339 e. The van der Waals surface area contributed by atoms with E-state index in [0.717, 1.165) is 44.2 Å². The van der Waals surface area contributed by atoms with Crippen molar-refractivity contribution in [3.8, 4) is 0 Å². The van der Waals surface area contributed by atoms with Crippen LogP contribution in [0.2, 0.25) is 0 Å². The number of carbonyl (C=O) groups excluding carboxylic acids is 2. The van der Waals surface area contributed by atoms with Gasteiger partial charge in [-0.3, -0.25) is 4.79 Å². The molecule has 0 radical (unpaired) electrons. The van der Waals surface area contributed by atoms with Gasteiger partial charge >= 0.3 is 5.97 Å². The van der Waals surface area contributed by atoms with Gasteiger partial charge < -0.3 is 10.1 Å². The number of amides is 1. The van der Waals surface area contributed by atoms with Gasteiger partial charge in [0.1, 0.15) is 0 Å². The average molecular weight is 370 g/mol. The van der Waals surface area contributed by atoms with E-state index in [1.54, 1.807) is 6.20 Å². The quantitative estimate of drug-likeness (QED) is 0.790. The zero-order chi connectivity index (χ0) is 19.0. The number of pyridine rings is 1. The number of aromatic nitrogens is 3. The second-order valence-electron chi connectivity index (χ2n) is 7.91. The standard InChI is InChI=1S/C20H26N4O3/c1-12(2)24-19-16(10-21-24)15(9-17(23-19)13-7-8-13)20(26)27-11-18(25)22-14-5-3-4-6-14/h9-10,12-14H,3-8,11H2,1-2H3,(H,22,25). The van der Waals surface area contributed by atoms with E-state index in [2.05, 4.69) is 10.4 Å². The first-order valence-electron chi connectivity index (χ1n) is 9.87. The largest absolute Gasteiger partial charge is 0.452 e. The fourth-order valence-electron chi connectivity index (χ4n) is 3.72. The lowest BCUT2D eigenvalue weighted by Crippen LogP contribution is -2.35. The number of hydrogen-bond acceptors (Lipinski definition) is 5. The second-order valence-corrected chi connectivity index (χ2v) is 7.91. The first-order valence-corrected chi connectivity index (χ1v) is 9.87. The molecule has 0 bridgehead atoms. The van der Waals surface area contributed by atoms with Gasteiger partial charge in [0.15, 0.2) is 12.3 Å². The Bertz CT molecular complexity index is 863. The minimum Gasteiger partial charge on any atom is -0.452 e. The van der Waals surface area contributed by atoms with Crippen LogP contribution in [-0.2, 0) is 9.53 Å². The van der Waals surface area contributed by atoms with Crippen molar-refractivity contribution >= 4 is 22.9 Å². The van der Waals surface area contributed by atoms with Gasteiger partial charge in [0, 0.05) is 23.7 Å². The monoisotopic (exact) mass is 370 g/mol. The van der Waals surface area contributed by atoms with E-state index in [9.17, 15) is 9.59 Å². The van der Waals surface area contributed by atoms with Crippen molar-refractivity contribution in [1.29, 1.82) is 0 Å². The molecule has 2 aliphatic carbocycles. The fraction of sp³-hybridized carbons (Fsp3) is 0.600. The molecule has 27 heavy (non-hydrogen) atoms. The minimum absolute atomic E-state index is 0.144. The fourth-order valence-corrected chi connectivity index (χ4v) is 3.72. The van der Waals surface area contributed by atoms with Crippen molar-refractivity contribution < 1.29 is 14.3 Å². The van der Waals surface area contributed by atoms with Crippen LogP contribution in [0, 0.1) is 0 Å². The molecule has 7 nitrogen and oxygen atoms in total. The van der Waals surface area contributed by atoms with Crippen LogP contribution in [0.5, 0.6) is 0 Å². The zero-order valence-electron chi connectivity index (χ0n) is 15.9. The summed E-state index contributed by atoms with van der Waals surface area (Å²) in [4.78, 5) is 29.5.